The maximum absolute atomic E-state index is 12.7. The summed E-state index contributed by atoms with van der Waals surface area (Å²) in [5.41, 5.74) is 1.61. The van der Waals surface area contributed by atoms with E-state index in [1.165, 1.54) is 21.1 Å². The van der Waals surface area contributed by atoms with Crippen molar-refractivity contribution in [3.8, 4) is 0 Å². The third-order valence-electron chi connectivity index (χ3n) is 5.90. The van der Waals surface area contributed by atoms with Gasteiger partial charge in [-0.25, -0.2) is 0 Å². The smallest absolute Gasteiger partial charge is 0.309 e. The van der Waals surface area contributed by atoms with Gasteiger partial charge in [-0.2, -0.15) is 0 Å². The quantitative estimate of drug-likeness (QED) is 0.267. The molecule has 194 valence electrons. The van der Waals surface area contributed by atoms with Crippen LogP contribution in [0.1, 0.15) is 39.7 Å². The first kappa shape index (κ1) is 28.5. The summed E-state index contributed by atoms with van der Waals surface area (Å²) < 4.78 is 12.4. The van der Waals surface area contributed by atoms with Crippen LogP contribution in [-0.4, -0.2) is 71.4 Å². The lowest BCUT2D eigenvalue weighted by Gasteiger charge is -2.32. The van der Waals surface area contributed by atoms with Gasteiger partial charge in [-0.15, -0.1) is 0 Å². The SMILES string of the molecule is COC(=O)[C@@H](CC(=O)CO/N=C(\[C@@H](O)[C@@H](C)O)[C@@H](OC)C(C)(C)C)Cc1cn(C)c2ccccc12. The van der Waals surface area contributed by atoms with Gasteiger partial charge in [0.05, 0.1) is 19.1 Å². The molecular weight excluding hydrogens is 452 g/mol. The Kier molecular flexibility index (Phi) is 10.00. The lowest BCUT2D eigenvalue weighted by atomic mass is 9.83. The highest BCUT2D eigenvalue weighted by Gasteiger charge is 2.36. The molecule has 1 heterocycles. The number of ketones is 1. The van der Waals surface area contributed by atoms with Crippen molar-refractivity contribution in [2.45, 2.75) is 58.8 Å². The first-order chi connectivity index (χ1) is 16.4. The Morgan fingerprint density at radius 2 is 1.80 bits per heavy atom. The number of oxime groups is 1. The maximum atomic E-state index is 12.7. The highest BCUT2D eigenvalue weighted by molar-refractivity contribution is 5.93. The molecule has 0 aliphatic rings. The third kappa shape index (κ3) is 7.37. The monoisotopic (exact) mass is 490 g/mol. The topological polar surface area (TPSA) is 120 Å². The van der Waals surface area contributed by atoms with Gasteiger partial charge in [0, 0.05) is 37.7 Å². The average Bonchev–Trinajstić information content (AvgIpc) is 3.11. The van der Waals surface area contributed by atoms with Gasteiger partial charge in [-0.05, 0) is 30.4 Å². The van der Waals surface area contributed by atoms with Crippen molar-refractivity contribution in [3.63, 3.8) is 0 Å². The number of methoxy groups -OCH3 is 2. The molecule has 0 spiro atoms. The number of aliphatic hydroxyl groups excluding tert-OH is 2. The number of carbonyl (C=O) groups is 2. The molecule has 35 heavy (non-hydrogen) atoms. The van der Waals surface area contributed by atoms with E-state index >= 15 is 0 Å². The van der Waals surface area contributed by atoms with Crippen LogP contribution in [0.2, 0.25) is 0 Å². The number of fused-ring (bicyclic) bond motifs is 1. The lowest BCUT2D eigenvalue weighted by molar-refractivity contribution is -0.147. The van der Waals surface area contributed by atoms with Crippen molar-refractivity contribution >= 4 is 28.4 Å². The number of ether oxygens (including phenoxy) is 2. The summed E-state index contributed by atoms with van der Waals surface area (Å²) in [6.45, 7) is 6.70. The molecule has 0 saturated heterocycles. The van der Waals surface area contributed by atoms with Gasteiger partial charge in [0.2, 0.25) is 0 Å². The Labute approximate surface area is 206 Å². The molecule has 9 heteroatoms. The molecule has 4 atom stereocenters. The van der Waals surface area contributed by atoms with Gasteiger partial charge in [0.15, 0.2) is 12.4 Å². The van der Waals surface area contributed by atoms with E-state index < -0.39 is 42.2 Å². The summed E-state index contributed by atoms with van der Waals surface area (Å²) in [5, 5.41) is 25.3. The summed E-state index contributed by atoms with van der Waals surface area (Å²) in [6.07, 6.45) is -0.901. The molecule has 0 fully saturated rings. The normalized spacial score (nSPS) is 16.0. The number of Topliss-reactive ketones (excluding diaryl/α,β-unsaturated/α-hetero) is 1. The van der Waals surface area contributed by atoms with E-state index in [2.05, 4.69) is 5.16 Å². The van der Waals surface area contributed by atoms with E-state index in [0.29, 0.717) is 6.42 Å². The fourth-order valence-electron chi connectivity index (χ4n) is 4.19. The first-order valence-electron chi connectivity index (χ1n) is 11.6. The van der Waals surface area contributed by atoms with Crippen molar-refractivity contribution in [2.24, 2.45) is 23.5 Å². The molecule has 0 unspecified atom stereocenters. The van der Waals surface area contributed by atoms with Gasteiger partial charge in [0.1, 0.15) is 17.9 Å². The van der Waals surface area contributed by atoms with E-state index in [-0.39, 0.29) is 17.9 Å². The third-order valence-corrected chi connectivity index (χ3v) is 5.90. The summed E-state index contributed by atoms with van der Waals surface area (Å²) in [7, 11) is 4.70. The zero-order valence-electron chi connectivity index (χ0n) is 21.6. The van der Waals surface area contributed by atoms with E-state index in [1.54, 1.807) is 0 Å². The maximum Gasteiger partial charge on any atom is 0.309 e. The number of carbonyl (C=O) groups excluding carboxylic acids is 2. The minimum absolute atomic E-state index is 0.0862. The minimum Gasteiger partial charge on any atom is -0.469 e. The molecule has 0 aliphatic carbocycles. The fourth-order valence-corrected chi connectivity index (χ4v) is 4.19. The Balaban J connectivity index is 2.15. The molecular formula is C26H38N2O7. The van der Waals surface area contributed by atoms with Crippen LogP contribution in [0, 0.1) is 11.3 Å². The second kappa shape index (κ2) is 12.3. The van der Waals surface area contributed by atoms with E-state index in [1.807, 2.05) is 62.8 Å². The zero-order chi connectivity index (χ0) is 26.3. The minimum atomic E-state index is -1.33. The molecule has 0 aliphatic heterocycles. The number of hydrogen-bond acceptors (Lipinski definition) is 8. The Bertz CT molecular complexity index is 1040. The van der Waals surface area contributed by atoms with Crippen molar-refractivity contribution in [1.29, 1.82) is 0 Å². The van der Waals surface area contributed by atoms with Gasteiger partial charge < -0.3 is 29.1 Å². The van der Waals surface area contributed by atoms with Crippen molar-refractivity contribution in [1.82, 2.24) is 4.57 Å². The largest absolute Gasteiger partial charge is 0.469 e. The van der Waals surface area contributed by atoms with Crippen molar-refractivity contribution in [2.75, 3.05) is 20.8 Å². The van der Waals surface area contributed by atoms with Gasteiger partial charge in [0.25, 0.3) is 0 Å². The zero-order valence-corrected chi connectivity index (χ0v) is 21.6. The van der Waals surface area contributed by atoms with Crippen LogP contribution < -0.4 is 0 Å². The van der Waals surface area contributed by atoms with Gasteiger partial charge in [-0.1, -0.05) is 44.1 Å². The van der Waals surface area contributed by atoms with Crippen LogP contribution >= 0.6 is 0 Å². The molecule has 0 amide bonds. The Morgan fingerprint density at radius 1 is 1.14 bits per heavy atom. The van der Waals surface area contributed by atoms with E-state index in [0.717, 1.165) is 16.5 Å². The predicted octanol–water partition coefficient (Wildman–Crippen LogP) is 2.64. The van der Waals surface area contributed by atoms with E-state index in [9.17, 15) is 19.8 Å². The highest BCUT2D eigenvalue weighted by Crippen LogP contribution is 2.26. The van der Waals surface area contributed by atoms with E-state index in [4.69, 9.17) is 14.3 Å². The lowest BCUT2D eigenvalue weighted by Crippen LogP contribution is -2.46. The summed E-state index contributed by atoms with van der Waals surface area (Å²) in [6, 6.07) is 7.85. The number of aromatic nitrogens is 1. The summed E-state index contributed by atoms with van der Waals surface area (Å²) in [5.74, 6) is -1.51. The molecule has 0 radical (unpaired) electrons. The van der Waals surface area contributed by atoms with Crippen molar-refractivity contribution < 1.29 is 34.1 Å². The molecule has 1 aromatic heterocycles. The van der Waals surface area contributed by atoms with Crippen LogP contribution in [0.25, 0.3) is 10.9 Å². The molecule has 2 rings (SSSR count). The van der Waals surface area contributed by atoms with Crippen LogP contribution in [0.15, 0.2) is 35.6 Å². The highest BCUT2D eigenvalue weighted by atomic mass is 16.6. The summed E-state index contributed by atoms with van der Waals surface area (Å²) >= 11 is 0. The predicted molar refractivity (Wildman–Crippen MR) is 133 cm³/mol. The van der Waals surface area contributed by atoms with Gasteiger partial charge in [-0.3, -0.25) is 9.59 Å². The van der Waals surface area contributed by atoms with Crippen LogP contribution in [0.4, 0.5) is 0 Å². The number of hydrogen-bond donors (Lipinski definition) is 2. The second-order valence-corrected chi connectivity index (χ2v) is 9.91. The Hall–Kier alpha value is -2.75. The Morgan fingerprint density at radius 3 is 2.37 bits per heavy atom. The van der Waals surface area contributed by atoms with Crippen LogP contribution in [-0.2, 0) is 37.4 Å². The molecule has 2 aromatic rings. The molecule has 2 N–H and O–H groups in total. The van der Waals surface area contributed by atoms with Gasteiger partial charge >= 0.3 is 5.97 Å². The molecule has 9 nitrogen and oxygen atoms in total. The second-order valence-electron chi connectivity index (χ2n) is 9.91. The molecule has 0 bridgehead atoms. The van der Waals surface area contributed by atoms with Crippen molar-refractivity contribution in [3.05, 3.63) is 36.0 Å². The average molecular weight is 491 g/mol. The fraction of sp³-hybridized carbons (Fsp3) is 0.577. The number of benzene rings is 1. The first-order valence-corrected chi connectivity index (χ1v) is 11.6. The number of para-hydroxylation sites is 1. The molecule has 1 aromatic carbocycles. The number of rotatable bonds is 12. The number of esters is 1. The van der Waals surface area contributed by atoms with Crippen LogP contribution in [0.3, 0.4) is 0 Å². The number of nitrogens with zero attached hydrogens (tertiary/aromatic N) is 2. The van der Waals surface area contributed by atoms with Crippen LogP contribution in [0.5, 0.6) is 0 Å². The standard InChI is InChI=1S/C26H38N2O7/c1-16(29)23(31)22(24(33-6)26(2,3)4)27-35-15-19(30)13-17(25(32)34-7)12-18-14-28(5)21-11-9-8-10-20(18)21/h8-11,14,16-17,23-24,29,31H,12-13,15H2,1-7H3/b27-22+/t16-,17-,23+,24-/m1/s1. The summed E-state index contributed by atoms with van der Waals surface area (Å²) in [4.78, 5) is 30.4. The number of aryl methyl sites for hydroxylation is 1. The number of aliphatic hydroxyl groups is 2. The molecule has 0 saturated carbocycles.